The van der Waals surface area contributed by atoms with Crippen LogP contribution in [-0.2, 0) is 4.79 Å². The minimum absolute atomic E-state index is 0.0399. The molecule has 0 unspecified atom stereocenters. The average molecular weight is 413 g/mol. The summed E-state index contributed by atoms with van der Waals surface area (Å²) < 4.78 is 10.7. The van der Waals surface area contributed by atoms with Crippen LogP contribution in [0, 0.1) is 17.0 Å². The molecule has 2 aromatic carbocycles. The number of aryl methyl sites for hydroxylation is 1. The van der Waals surface area contributed by atoms with Gasteiger partial charge >= 0.3 is 5.69 Å². The summed E-state index contributed by atoms with van der Waals surface area (Å²) in [7, 11) is 0. The third kappa shape index (κ3) is 5.08. The summed E-state index contributed by atoms with van der Waals surface area (Å²) in [5, 5.41) is 14.1. The van der Waals surface area contributed by atoms with Crippen LogP contribution in [0.2, 0.25) is 0 Å². The SMILES string of the molecule is CCOc1ccc(-c2nc(NC(=O)COc3ccccc3[N+](=O)[O-])sc2C)cc1. The van der Waals surface area contributed by atoms with Crippen LogP contribution in [0.5, 0.6) is 11.5 Å². The molecule has 0 saturated heterocycles. The standard InChI is InChI=1S/C20H19N3O5S/c1-3-27-15-10-8-14(9-11-15)19-13(2)29-20(22-19)21-18(24)12-28-17-7-5-4-6-16(17)23(25)26/h4-11H,3,12H2,1-2H3,(H,21,22,24). The molecule has 29 heavy (non-hydrogen) atoms. The second kappa shape index (κ2) is 9.16. The molecule has 8 nitrogen and oxygen atoms in total. The van der Waals surface area contributed by atoms with Crippen LogP contribution < -0.4 is 14.8 Å². The van der Waals surface area contributed by atoms with E-state index in [-0.39, 0.29) is 18.0 Å². The summed E-state index contributed by atoms with van der Waals surface area (Å²) in [6.07, 6.45) is 0. The predicted molar refractivity (Wildman–Crippen MR) is 111 cm³/mol. The maximum atomic E-state index is 12.2. The molecule has 150 valence electrons. The molecule has 0 atom stereocenters. The van der Waals surface area contributed by atoms with Gasteiger partial charge in [-0.25, -0.2) is 4.98 Å². The highest BCUT2D eigenvalue weighted by molar-refractivity contribution is 7.16. The highest BCUT2D eigenvalue weighted by Gasteiger charge is 2.16. The van der Waals surface area contributed by atoms with E-state index in [0.29, 0.717) is 11.7 Å². The summed E-state index contributed by atoms with van der Waals surface area (Å²) in [6, 6.07) is 13.5. The molecule has 1 N–H and O–H groups in total. The fraction of sp³-hybridized carbons (Fsp3) is 0.200. The number of anilines is 1. The molecule has 1 amide bonds. The third-order valence-corrected chi connectivity index (χ3v) is 4.79. The second-order valence-corrected chi connectivity index (χ2v) is 7.15. The van der Waals surface area contributed by atoms with Gasteiger partial charge in [0.05, 0.1) is 17.2 Å². The van der Waals surface area contributed by atoms with Crippen LogP contribution in [0.15, 0.2) is 48.5 Å². The van der Waals surface area contributed by atoms with Crippen molar-refractivity contribution in [1.82, 2.24) is 4.98 Å². The molecule has 0 radical (unpaired) electrons. The van der Waals surface area contributed by atoms with Crippen molar-refractivity contribution < 1.29 is 19.2 Å². The Hall–Kier alpha value is -3.46. The molecular weight excluding hydrogens is 394 g/mol. The van der Waals surface area contributed by atoms with Crippen LogP contribution >= 0.6 is 11.3 Å². The van der Waals surface area contributed by atoms with Gasteiger partial charge in [-0.05, 0) is 44.2 Å². The first-order chi connectivity index (χ1) is 14.0. The number of nitro groups is 1. The van der Waals surface area contributed by atoms with Crippen LogP contribution in [0.4, 0.5) is 10.8 Å². The van der Waals surface area contributed by atoms with Crippen LogP contribution in [0.1, 0.15) is 11.8 Å². The molecule has 0 saturated carbocycles. The van der Waals surface area contributed by atoms with E-state index in [2.05, 4.69) is 10.3 Å². The summed E-state index contributed by atoms with van der Waals surface area (Å²) in [4.78, 5) is 28.1. The smallest absolute Gasteiger partial charge is 0.310 e. The first-order valence-electron chi connectivity index (χ1n) is 8.84. The minimum Gasteiger partial charge on any atom is -0.494 e. The number of thiazole rings is 1. The van der Waals surface area contributed by atoms with Crippen molar-refractivity contribution in [2.45, 2.75) is 13.8 Å². The number of aromatic nitrogens is 1. The number of rotatable bonds is 8. The van der Waals surface area contributed by atoms with Crippen LogP contribution in [0.3, 0.4) is 0 Å². The van der Waals surface area contributed by atoms with E-state index < -0.39 is 10.8 Å². The molecule has 0 bridgehead atoms. The number of para-hydroxylation sites is 2. The zero-order chi connectivity index (χ0) is 20.8. The molecule has 0 aliphatic carbocycles. The Morgan fingerprint density at radius 3 is 2.59 bits per heavy atom. The largest absolute Gasteiger partial charge is 0.494 e. The summed E-state index contributed by atoms with van der Waals surface area (Å²) in [5.41, 5.74) is 1.50. The van der Waals surface area contributed by atoms with Crippen molar-refractivity contribution >= 4 is 28.1 Å². The zero-order valence-electron chi connectivity index (χ0n) is 15.9. The van der Waals surface area contributed by atoms with Crippen molar-refractivity contribution in [2.24, 2.45) is 0 Å². The van der Waals surface area contributed by atoms with Crippen molar-refractivity contribution in [3.63, 3.8) is 0 Å². The van der Waals surface area contributed by atoms with Gasteiger partial charge in [-0.3, -0.25) is 20.2 Å². The fourth-order valence-corrected chi connectivity index (χ4v) is 3.47. The van der Waals surface area contributed by atoms with E-state index in [0.717, 1.165) is 21.9 Å². The molecule has 3 rings (SSSR count). The van der Waals surface area contributed by atoms with Gasteiger partial charge < -0.3 is 9.47 Å². The lowest BCUT2D eigenvalue weighted by Crippen LogP contribution is -2.20. The van der Waals surface area contributed by atoms with Gasteiger partial charge in [-0.2, -0.15) is 0 Å². The number of carbonyl (C=O) groups excluding carboxylic acids is 1. The topological polar surface area (TPSA) is 104 Å². The molecule has 0 fully saturated rings. The number of hydrogen-bond donors (Lipinski definition) is 1. The first-order valence-corrected chi connectivity index (χ1v) is 9.66. The van der Waals surface area contributed by atoms with Gasteiger partial charge in [0.15, 0.2) is 17.5 Å². The van der Waals surface area contributed by atoms with Crippen LogP contribution in [-0.4, -0.2) is 29.0 Å². The summed E-state index contributed by atoms with van der Waals surface area (Å²) in [6.45, 7) is 4.08. The Labute approximate surface area is 171 Å². The van der Waals surface area contributed by atoms with Gasteiger partial charge in [-0.1, -0.05) is 12.1 Å². The van der Waals surface area contributed by atoms with E-state index in [1.165, 1.54) is 29.5 Å². The average Bonchev–Trinajstić information content (AvgIpc) is 3.07. The van der Waals surface area contributed by atoms with E-state index in [1.54, 1.807) is 6.07 Å². The van der Waals surface area contributed by atoms with E-state index in [4.69, 9.17) is 9.47 Å². The van der Waals surface area contributed by atoms with Crippen LogP contribution in [0.25, 0.3) is 11.3 Å². The van der Waals surface area contributed by atoms with Crippen molar-refractivity contribution in [3.8, 4) is 22.8 Å². The molecule has 9 heteroatoms. The summed E-state index contributed by atoms with van der Waals surface area (Å²) >= 11 is 1.34. The molecular formula is C20H19N3O5S. The zero-order valence-corrected chi connectivity index (χ0v) is 16.7. The van der Waals surface area contributed by atoms with E-state index >= 15 is 0 Å². The van der Waals surface area contributed by atoms with Crippen molar-refractivity contribution in [2.75, 3.05) is 18.5 Å². The number of nitro benzene ring substituents is 1. The maximum Gasteiger partial charge on any atom is 0.310 e. The minimum atomic E-state index is -0.555. The van der Waals surface area contributed by atoms with Gasteiger partial charge in [0.1, 0.15) is 5.75 Å². The number of nitrogens with zero attached hydrogens (tertiary/aromatic N) is 2. The molecule has 0 aliphatic rings. The highest BCUT2D eigenvalue weighted by Crippen LogP contribution is 2.31. The normalized spacial score (nSPS) is 10.4. The van der Waals surface area contributed by atoms with Gasteiger partial charge in [0.2, 0.25) is 0 Å². The van der Waals surface area contributed by atoms with Gasteiger partial charge in [0.25, 0.3) is 5.91 Å². The molecule has 0 spiro atoms. The lowest BCUT2D eigenvalue weighted by molar-refractivity contribution is -0.385. The Kier molecular flexibility index (Phi) is 6.40. The molecule has 0 aliphatic heterocycles. The Balaban J connectivity index is 1.64. The Morgan fingerprint density at radius 1 is 1.17 bits per heavy atom. The van der Waals surface area contributed by atoms with Gasteiger partial charge in [-0.15, -0.1) is 11.3 Å². The number of amides is 1. The lowest BCUT2D eigenvalue weighted by atomic mass is 10.1. The number of nitrogens with one attached hydrogen (secondary N) is 1. The van der Waals surface area contributed by atoms with Crippen molar-refractivity contribution in [3.05, 3.63) is 63.5 Å². The van der Waals surface area contributed by atoms with Gasteiger partial charge in [0, 0.05) is 16.5 Å². The Morgan fingerprint density at radius 2 is 1.90 bits per heavy atom. The Bertz CT molecular complexity index is 1020. The number of carbonyl (C=O) groups is 1. The van der Waals surface area contributed by atoms with Crippen molar-refractivity contribution in [1.29, 1.82) is 0 Å². The molecule has 1 aromatic heterocycles. The quantitative estimate of drug-likeness (QED) is 0.432. The second-order valence-electron chi connectivity index (χ2n) is 5.94. The fourth-order valence-electron chi connectivity index (χ4n) is 2.62. The first kappa shape index (κ1) is 20.3. The van der Waals surface area contributed by atoms with E-state index in [1.807, 2.05) is 38.1 Å². The molecule has 3 aromatic rings. The number of ether oxygens (including phenoxy) is 2. The highest BCUT2D eigenvalue weighted by atomic mass is 32.1. The van der Waals surface area contributed by atoms with E-state index in [9.17, 15) is 14.9 Å². The monoisotopic (exact) mass is 413 g/mol. The number of hydrogen-bond acceptors (Lipinski definition) is 7. The predicted octanol–water partition coefficient (Wildman–Crippen LogP) is 4.44. The molecule has 1 heterocycles. The maximum absolute atomic E-state index is 12.2. The lowest BCUT2D eigenvalue weighted by Gasteiger charge is -2.06. The third-order valence-electron chi connectivity index (χ3n) is 3.90. The number of benzene rings is 2. The summed E-state index contributed by atoms with van der Waals surface area (Å²) in [5.74, 6) is 0.373.